The number of thiophene rings is 2. The summed E-state index contributed by atoms with van der Waals surface area (Å²) in [6, 6.07) is 28.9. The zero-order valence-corrected chi connectivity index (χ0v) is 15.8. The van der Waals surface area contributed by atoms with Gasteiger partial charge in [0.05, 0.1) is 9.40 Å². The molecule has 0 aliphatic rings. The molecule has 0 saturated heterocycles. The monoisotopic (exact) mass is 372 g/mol. The minimum atomic E-state index is -0.477. The zero-order valence-electron chi connectivity index (χ0n) is 13.3. The van der Waals surface area contributed by atoms with Crippen molar-refractivity contribution in [2.45, 2.75) is 0 Å². The van der Waals surface area contributed by atoms with Gasteiger partial charge in [-0.3, -0.25) is 0 Å². The maximum atomic E-state index is 2.31. The Morgan fingerprint density at radius 2 is 1.00 bits per heavy atom. The van der Waals surface area contributed by atoms with Crippen molar-refractivity contribution in [1.82, 2.24) is 0 Å². The fourth-order valence-corrected chi connectivity index (χ4v) is 9.94. The smallest absolute Gasteiger partial charge is 0.0580 e. The molecule has 0 aliphatic carbocycles. The maximum absolute atomic E-state index is 2.31. The second-order valence-corrected chi connectivity index (χ2v) is 10.4. The minimum Gasteiger partial charge on any atom is -0.133 e. The van der Waals surface area contributed by atoms with Gasteiger partial charge >= 0.3 is 0 Å². The molecule has 3 heterocycles. The Kier molecular flexibility index (Phi) is 2.92. The van der Waals surface area contributed by atoms with E-state index in [1.165, 1.54) is 34.9 Å². The van der Waals surface area contributed by atoms with Crippen LogP contribution in [-0.4, -0.2) is 0 Å². The molecular weight excluding hydrogens is 359 g/mol. The summed E-state index contributed by atoms with van der Waals surface area (Å²) in [5.74, 6) is 0. The van der Waals surface area contributed by atoms with Crippen LogP contribution in [0.25, 0.3) is 45.1 Å². The van der Waals surface area contributed by atoms with E-state index in [1.807, 2.05) is 22.7 Å². The van der Waals surface area contributed by atoms with Gasteiger partial charge in [0.15, 0.2) is 0 Å². The van der Waals surface area contributed by atoms with Gasteiger partial charge in [0.25, 0.3) is 0 Å². The van der Waals surface area contributed by atoms with Crippen LogP contribution in [0.5, 0.6) is 0 Å². The van der Waals surface area contributed by atoms with E-state index in [2.05, 4.69) is 78.9 Å². The van der Waals surface area contributed by atoms with E-state index in [1.54, 1.807) is 10.2 Å². The number of benzene rings is 3. The molecule has 6 rings (SSSR count). The molecule has 0 aliphatic heterocycles. The third kappa shape index (κ3) is 1.88. The van der Waals surface area contributed by atoms with Crippen molar-refractivity contribution in [3.8, 4) is 5.30 Å². The van der Waals surface area contributed by atoms with Crippen molar-refractivity contribution in [3.05, 3.63) is 78.9 Å². The first-order valence-electron chi connectivity index (χ1n) is 8.30. The predicted molar refractivity (Wildman–Crippen MR) is 116 cm³/mol. The second-order valence-electron chi connectivity index (χ2n) is 6.22. The lowest BCUT2D eigenvalue weighted by Gasteiger charge is -2.03. The van der Waals surface area contributed by atoms with Crippen LogP contribution in [0.3, 0.4) is 0 Å². The number of fused-ring (bicyclic) bond motifs is 7. The summed E-state index contributed by atoms with van der Waals surface area (Å²) in [4.78, 5) is 0. The van der Waals surface area contributed by atoms with Gasteiger partial charge in [-0.05, 0) is 17.4 Å². The predicted octanol–water partition coefficient (Wildman–Crippen LogP) is 8.40. The van der Waals surface area contributed by atoms with E-state index >= 15 is 0 Å². The van der Waals surface area contributed by atoms with Crippen LogP contribution in [-0.2, 0) is 0 Å². The SMILES string of the molecule is c1ccc(-p2c3c4ccccc4sc3c3sc4ccccc4c32)cc1. The maximum Gasteiger partial charge on any atom is 0.0580 e. The van der Waals surface area contributed by atoms with Crippen molar-refractivity contribution in [2.75, 3.05) is 0 Å². The van der Waals surface area contributed by atoms with Crippen molar-refractivity contribution >= 4 is 70.0 Å². The molecule has 0 atom stereocenters. The molecule has 0 bridgehead atoms. The van der Waals surface area contributed by atoms with E-state index < -0.39 is 7.53 Å². The lowest BCUT2D eigenvalue weighted by atomic mass is 10.2. The van der Waals surface area contributed by atoms with Gasteiger partial charge in [0, 0.05) is 30.4 Å². The summed E-state index contributed by atoms with van der Waals surface area (Å²) in [5, 5.41) is 7.52. The van der Waals surface area contributed by atoms with Crippen LogP contribution < -0.4 is 0 Å². The molecule has 0 unspecified atom stereocenters. The standard InChI is InChI=1S/C22H13PS2/c1-2-8-14(9-3-1)23-19-15-10-4-6-12-17(15)24-21(19)22-20(23)16-11-5-7-13-18(16)25-22/h1-13H. The molecule has 0 spiro atoms. The largest absolute Gasteiger partial charge is 0.133 e. The van der Waals surface area contributed by atoms with E-state index in [0.717, 1.165) is 0 Å². The molecule has 0 nitrogen and oxygen atoms in total. The molecule has 0 amide bonds. The van der Waals surface area contributed by atoms with Gasteiger partial charge in [-0.25, -0.2) is 0 Å². The normalized spacial score (nSPS) is 12.0. The van der Waals surface area contributed by atoms with Crippen LogP contribution in [0.1, 0.15) is 0 Å². The van der Waals surface area contributed by atoms with Crippen LogP contribution >= 0.6 is 30.2 Å². The zero-order chi connectivity index (χ0) is 16.4. The average Bonchev–Trinajstić information content (AvgIpc) is 3.30. The molecule has 3 heteroatoms. The Labute approximate surface area is 154 Å². The fourth-order valence-electron chi connectivity index (χ4n) is 3.76. The first kappa shape index (κ1) is 14.1. The van der Waals surface area contributed by atoms with E-state index in [4.69, 9.17) is 0 Å². The first-order chi connectivity index (χ1) is 12.4. The molecule has 118 valence electrons. The van der Waals surface area contributed by atoms with Crippen molar-refractivity contribution in [2.24, 2.45) is 0 Å². The highest BCUT2D eigenvalue weighted by Crippen LogP contribution is 2.62. The quantitative estimate of drug-likeness (QED) is 0.272. The Bertz CT molecular complexity index is 1300. The number of hydrogen-bond acceptors (Lipinski definition) is 2. The number of rotatable bonds is 1. The topological polar surface area (TPSA) is 0 Å². The van der Waals surface area contributed by atoms with Crippen LogP contribution in [0.4, 0.5) is 0 Å². The minimum absolute atomic E-state index is 0.477. The summed E-state index contributed by atoms with van der Waals surface area (Å²) >= 11 is 3.94. The van der Waals surface area contributed by atoms with E-state index in [9.17, 15) is 0 Å². The van der Waals surface area contributed by atoms with Gasteiger partial charge in [0.2, 0.25) is 0 Å². The van der Waals surface area contributed by atoms with E-state index in [0.29, 0.717) is 0 Å². The molecule has 3 aromatic carbocycles. The Hall–Kier alpha value is -2.12. The third-order valence-electron chi connectivity index (χ3n) is 4.81. The lowest BCUT2D eigenvalue weighted by Crippen LogP contribution is -1.67. The molecule has 0 radical (unpaired) electrons. The summed E-state index contributed by atoms with van der Waals surface area (Å²) in [6.07, 6.45) is 0. The van der Waals surface area contributed by atoms with Gasteiger partial charge in [0.1, 0.15) is 0 Å². The molecule has 6 aromatic rings. The molecule has 3 aromatic heterocycles. The second kappa shape index (κ2) is 5.19. The lowest BCUT2D eigenvalue weighted by molar-refractivity contribution is 1.76. The molecule has 25 heavy (non-hydrogen) atoms. The van der Waals surface area contributed by atoms with Gasteiger partial charge in [-0.2, -0.15) is 0 Å². The van der Waals surface area contributed by atoms with Crippen LogP contribution in [0, 0.1) is 0 Å². The van der Waals surface area contributed by atoms with Crippen LogP contribution in [0.2, 0.25) is 0 Å². The van der Waals surface area contributed by atoms with Crippen molar-refractivity contribution in [3.63, 3.8) is 0 Å². The third-order valence-corrected chi connectivity index (χ3v) is 10.3. The Balaban J connectivity index is 1.95. The molecular formula is C22H13PS2. The van der Waals surface area contributed by atoms with Gasteiger partial charge in [-0.15, -0.1) is 22.7 Å². The van der Waals surface area contributed by atoms with Gasteiger partial charge in [-0.1, -0.05) is 74.3 Å². The molecule has 0 saturated carbocycles. The van der Waals surface area contributed by atoms with Crippen molar-refractivity contribution in [1.29, 1.82) is 0 Å². The number of hydrogen-bond donors (Lipinski definition) is 0. The average molecular weight is 372 g/mol. The first-order valence-corrected chi connectivity index (χ1v) is 11.3. The van der Waals surface area contributed by atoms with Crippen molar-refractivity contribution < 1.29 is 0 Å². The molecule has 0 fully saturated rings. The highest BCUT2D eigenvalue weighted by molar-refractivity contribution is 7.71. The Morgan fingerprint density at radius 1 is 0.520 bits per heavy atom. The Morgan fingerprint density at radius 3 is 1.56 bits per heavy atom. The van der Waals surface area contributed by atoms with Crippen LogP contribution in [0.15, 0.2) is 78.9 Å². The summed E-state index contributed by atoms with van der Waals surface area (Å²) in [7, 11) is -0.477. The van der Waals surface area contributed by atoms with E-state index in [-0.39, 0.29) is 0 Å². The van der Waals surface area contributed by atoms with Gasteiger partial charge < -0.3 is 0 Å². The molecule has 0 N–H and O–H groups in total. The highest BCUT2D eigenvalue weighted by atomic mass is 32.1. The summed E-state index contributed by atoms with van der Waals surface area (Å²) in [6.45, 7) is 0. The summed E-state index contributed by atoms with van der Waals surface area (Å²) < 4.78 is 5.85. The summed E-state index contributed by atoms with van der Waals surface area (Å²) in [5.41, 5.74) is 0. The highest BCUT2D eigenvalue weighted by Gasteiger charge is 2.21. The fraction of sp³-hybridized carbons (Fsp3) is 0.